The van der Waals surface area contributed by atoms with Crippen molar-refractivity contribution in [3.63, 3.8) is 0 Å². The number of nitrogens with zero attached hydrogens (tertiary/aromatic N) is 1. The fourth-order valence-corrected chi connectivity index (χ4v) is 1.74. The lowest BCUT2D eigenvalue weighted by molar-refractivity contribution is 0.453. The van der Waals surface area contributed by atoms with Crippen LogP contribution in [0.3, 0.4) is 0 Å². The molecular weight excluding hydrogens is 166 g/mol. The summed E-state index contributed by atoms with van der Waals surface area (Å²) >= 11 is 0. The van der Waals surface area contributed by atoms with Crippen LogP contribution in [-0.4, -0.2) is 23.1 Å². The van der Waals surface area contributed by atoms with Crippen LogP contribution >= 0.6 is 0 Å². The Morgan fingerprint density at radius 2 is 2.46 bits per heavy atom. The Labute approximate surface area is 76.4 Å². The maximum atomic E-state index is 10.9. The summed E-state index contributed by atoms with van der Waals surface area (Å²) in [6, 6.07) is 1.89. The highest BCUT2D eigenvalue weighted by Crippen LogP contribution is 2.19. The maximum absolute atomic E-state index is 10.9. The van der Waals surface area contributed by atoms with Crippen molar-refractivity contribution in [3.05, 3.63) is 28.4 Å². The topological polar surface area (TPSA) is 57.8 Å². The average molecular weight is 179 g/mol. The second kappa shape index (κ2) is 3.70. The zero-order valence-corrected chi connectivity index (χ0v) is 7.42. The molecule has 0 spiro atoms. The molecule has 1 saturated heterocycles. The second-order valence-corrected chi connectivity index (χ2v) is 3.37. The lowest BCUT2D eigenvalue weighted by Gasteiger charge is -2.22. The van der Waals surface area contributed by atoms with E-state index in [0.29, 0.717) is 5.92 Å². The van der Waals surface area contributed by atoms with Crippen LogP contribution in [0.25, 0.3) is 0 Å². The SMILES string of the molecule is O=c1nccc(C2CCCNC2)[nH]1. The quantitative estimate of drug-likeness (QED) is 0.649. The van der Waals surface area contributed by atoms with E-state index in [1.54, 1.807) is 6.20 Å². The summed E-state index contributed by atoms with van der Waals surface area (Å²) in [5.74, 6) is 0.449. The normalized spacial score (nSPS) is 22.9. The molecular formula is C9H13N3O. The van der Waals surface area contributed by atoms with Gasteiger partial charge in [-0.25, -0.2) is 9.78 Å². The van der Waals surface area contributed by atoms with Gasteiger partial charge in [0.15, 0.2) is 0 Å². The zero-order valence-electron chi connectivity index (χ0n) is 7.42. The van der Waals surface area contributed by atoms with Gasteiger partial charge in [0.1, 0.15) is 0 Å². The van der Waals surface area contributed by atoms with E-state index in [4.69, 9.17) is 0 Å². The molecule has 2 rings (SSSR count). The fraction of sp³-hybridized carbons (Fsp3) is 0.556. The van der Waals surface area contributed by atoms with Crippen molar-refractivity contribution in [2.45, 2.75) is 18.8 Å². The summed E-state index contributed by atoms with van der Waals surface area (Å²) in [5, 5.41) is 3.31. The van der Waals surface area contributed by atoms with Crippen LogP contribution in [0, 0.1) is 0 Å². The van der Waals surface area contributed by atoms with Gasteiger partial charge in [-0.3, -0.25) is 0 Å². The summed E-state index contributed by atoms with van der Waals surface area (Å²) < 4.78 is 0. The summed E-state index contributed by atoms with van der Waals surface area (Å²) in [7, 11) is 0. The van der Waals surface area contributed by atoms with Gasteiger partial charge in [0.2, 0.25) is 0 Å². The molecule has 13 heavy (non-hydrogen) atoms. The molecule has 0 aromatic carbocycles. The molecule has 1 aromatic heterocycles. The van der Waals surface area contributed by atoms with Crippen molar-refractivity contribution in [2.24, 2.45) is 0 Å². The number of aromatic amines is 1. The zero-order chi connectivity index (χ0) is 9.10. The van der Waals surface area contributed by atoms with Gasteiger partial charge >= 0.3 is 5.69 Å². The Hall–Kier alpha value is -1.16. The summed E-state index contributed by atoms with van der Waals surface area (Å²) in [6.45, 7) is 2.05. The number of H-pyrrole nitrogens is 1. The molecule has 0 amide bonds. The first kappa shape index (κ1) is 8.44. The van der Waals surface area contributed by atoms with Crippen LogP contribution in [-0.2, 0) is 0 Å². The lowest BCUT2D eigenvalue weighted by atomic mass is 9.96. The summed E-state index contributed by atoms with van der Waals surface area (Å²) in [5.41, 5.74) is 0.760. The number of aromatic nitrogens is 2. The molecule has 1 fully saturated rings. The van der Waals surface area contributed by atoms with Gasteiger partial charge in [-0.15, -0.1) is 0 Å². The first-order valence-electron chi connectivity index (χ1n) is 4.62. The number of rotatable bonds is 1. The van der Waals surface area contributed by atoms with Crippen LogP contribution in [0.2, 0.25) is 0 Å². The Balaban J connectivity index is 2.19. The average Bonchev–Trinajstić information content (AvgIpc) is 2.19. The van der Waals surface area contributed by atoms with Gasteiger partial charge in [-0.2, -0.15) is 0 Å². The van der Waals surface area contributed by atoms with Gasteiger partial charge in [0, 0.05) is 24.4 Å². The van der Waals surface area contributed by atoms with Crippen LogP contribution in [0.5, 0.6) is 0 Å². The van der Waals surface area contributed by atoms with Gasteiger partial charge in [-0.1, -0.05) is 0 Å². The highest BCUT2D eigenvalue weighted by molar-refractivity contribution is 5.07. The first-order valence-corrected chi connectivity index (χ1v) is 4.62. The van der Waals surface area contributed by atoms with Crippen LogP contribution < -0.4 is 11.0 Å². The molecule has 4 nitrogen and oxygen atoms in total. The van der Waals surface area contributed by atoms with E-state index < -0.39 is 0 Å². The molecule has 0 bridgehead atoms. The summed E-state index contributed by atoms with van der Waals surface area (Å²) in [4.78, 5) is 17.3. The predicted octanol–water partition coefficient (Wildman–Crippen LogP) is 0.237. The molecule has 2 N–H and O–H groups in total. The smallest absolute Gasteiger partial charge is 0.316 e. The van der Waals surface area contributed by atoms with Crippen molar-refractivity contribution in [3.8, 4) is 0 Å². The third-order valence-corrected chi connectivity index (χ3v) is 2.43. The molecule has 1 aliphatic rings. The van der Waals surface area contributed by atoms with Gasteiger partial charge in [0.05, 0.1) is 0 Å². The first-order chi connectivity index (χ1) is 6.36. The van der Waals surface area contributed by atoms with Crippen molar-refractivity contribution in [2.75, 3.05) is 13.1 Å². The van der Waals surface area contributed by atoms with Crippen LogP contribution in [0.15, 0.2) is 17.1 Å². The van der Waals surface area contributed by atoms with Crippen LogP contribution in [0.4, 0.5) is 0 Å². The van der Waals surface area contributed by atoms with Crippen molar-refractivity contribution in [1.82, 2.24) is 15.3 Å². The molecule has 1 unspecified atom stereocenters. The minimum atomic E-state index is -0.247. The van der Waals surface area contributed by atoms with E-state index in [2.05, 4.69) is 15.3 Å². The van der Waals surface area contributed by atoms with E-state index in [1.807, 2.05) is 6.07 Å². The third kappa shape index (κ3) is 1.95. The Kier molecular flexibility index (Phi) is 2.40. The fourth-order valence-electron chi connectivity index (χ4n) is 1.74. The second-order valence-electron chi connectivity index (χ2n) is 3.37. The number of nitrogens with one attached hydrogen (secondary N) is 2. The van der Waals surface area contributed by atoms with Crippen molar-refractivity contribution in [1.29, 1.82) is 0 Å². The molecule has 0 saturated carbocycles. The molecule has 70 valence electrons. The molecule has 1 aromatic rings. The molecule has 1 atom stereocenters. The molecule has 0 aliphatic carbocycles. The number of hydrogen-bond donors (Lipinski definition) is 2. The molecule has 0 radical (unpaired) electrons. The standard InChI is InChI=1S/C9H13N3O/c13-9-11-5-3-8(12-9)7-2-1-4-10-6-7/h3,5,7,10H,1-2,4,6H2,(H,11,12,13). The third-order valence-electron chi connectivity index (χ3n) is 2.43. The Bertz CT molecular complexity index is 328. The minimum Gasteiger partial charge on any atom is -0.316 e. The van der Waals surface area contributed by atoms with Crippen molar-refractivity contribution < 1.29 is 0 Å². The maximum Gasteiger partial charge on any atom is 0.345 e. The van der Waals surface area contributed by atoms with E-state index in [9.17, 15) is 4.79 Å². The monoisotopic (exact) mass is 179 g/mol. The molecule has 4 heteroatoms. The highest BCUT2D eigenvalue weighted by atomic mass is 16.1. The van der Waals surface area contributed by atoms with E-state index in [1.165, 1.54) is 6.42 Å². The molecule has 2 heterocycles. The summed E-state index contributed by atoms with van der Waals surface area (Å²) in [6.07, 6.45) is 3.89. The predicted molar refractivity (Wildman–Crippen MR) is 49.7 cm³/mol. The van der Waals surface area contributed by atoms with Gasteiger partial charge < -0.3 is 10.3 Å². The van der Waals surface area contributed by atoms with Crippen LogP contribution in [0.1, 0.15) is 24.5 Å². The Morgan fingerprint density at radius 3 is 3.15 bits per heavy atom. The lowest BCUT2D eigenvalue weighted by Crippen LogP contribution is -2.30. The van der Waals surface area contributed by atoms with E-state index in [0.717, 1.165) is 25.2 Å². The van der Waals surface area contributed by atoms with E-state index >= 15 is 0 Å². The minimum absolute atomic E-state index is 0.247. The molecule has 1 aliphatic heterocycles. The largest absolute Gasteiger partial charge is 0.345 e. The van der Waals surface area contributed by atoms with Gasteiger partial charge in [-0.05, 0) is 25.5 Å². The van der Waals surface area contributed by atoms with E-state index in [-0.39, 0.29) is 5.69 Å². The number of piperidine rings is 1. The number of hydrogen-bond acceptors (Lipinski definition) is 3. The van der Waals surface area contributed by atoms with Gasteiger partial charge in [0.25, 0.3) is 0 Å². The Morgan fingerprint density at radius 1 is 1.54 bits per heavy atom. The highest BCUT2D eigenvalue weighted by Gasteiger charge is 2.15. The van der Waals surface area contributed by atoms with Crippen molar-refractivity contribution >= 4 is 0 Å².